The Kier molecular flexibility index (Phi) is 5.72. The van der Waals surface area contributed by atoms with E-state index in [1.807, 2.05) is 36.4 Å². The van der Waals surface area contributed by atoms with Crippen LogP contribution in [0.25, 0.3) is 10.8 Å². The van der Waals surface area contributed by atoms with Crippen LogP contribution in [0.1, 0.15) is 16.1 Å². The van der Waals surface area contributed by atoms with Crippen LogP contribution in [0.5, 0.6) is 5.88 Å². The second kappa shape index (κ2) is 8.75. The zero-order valence-corrected chi connectivity index (χ0v) is 16.8. The van der Waals surface area contributed by atoms with Gasteiger partial charge in [-0.1, -0.05) is 29.8 Å². The van der Waals surface area contributed by atoms with Gasteiger partial charge in [0, 0.05) is 34.7 Å². The van der Waals surface area contributed by atoms with E-state index in [0.717, 1.165) is 22.0 Å². The average molecular weight is 420 g/mol. The van der Waals surface area contributed by atoms with Crippen molar-refractivity contribution in [3.63, 3.8) is 0 Å². The summed E-state index contributed by atoms with van der Waals surface area (Å²) in [5.74, 6) is 0.774. The lowest BCUT2D eigenvalue weighted by atomic mass is 10.1. The van der Waals surface area contributed by atoms with Crippen LogP contribution < -0.4 is 15.4 Å². The molecule has 2 aromatic heterocycles. The molecule has 0 atom stereocenters. The summed E-state index contributed by atoms with van der Waals surface area (Å²) < 4.78 is 5.92. The molecule has 150 valence electrons. The molecule has 4 rings (SSSR count). The summed E-state index contributed by atoms with van der Waals surface area (Å²) in [5, 5.41) is 16.7. The van der Waals surface area contributed by atoms with Gasteiger partial charge in [0.05, 0.1) is 0 Å². The topological polar surface area (TPSA) is 89.0 Å². The Bertz CT molecular complexity index is 1200. The Morgan fingerprint density at radius 2 is 1.80 bits per heavy atom. The van der Waals surface area contributed by atoms with Crippen LogP contribution in [0.3, 0.4) is 0 Å². The molecule has 0 fully saturated rings. The number of aromatic nitrogens is 3. The van der Waals surface area contributed by atoms with E-state index < -0.39 is 0 Å². The summed E-state index contributed by atoms with van der Waals surface area (Å²) in [6.07, 6.45) is 1.58. The predicted octanol–water partition coefficient (Wildman–Crippen LogP) is 4.36. The summed E-state index contributed by atoms with van der Waals surface area (Å²) in [4.78, 5) is 15.8. The van der Waals surface area contributed by atoms with Crippen LogP contribution >= 0.6 is 11.6 Å². The van der Waals surface area contributed by atoms with Gasteiger partial charge < -0.3 is 15.4 Å². The molecule has 2 N–H and O–H groups in total. The zero-order chi connectivity index (χ0) is 20.9. The number of nitrogens with one attached hydrogen (secondary N) is 2. The van der Waals surface area contributed by atoms with Crippen LogP contribution in [0.15, 0.2) is 66.9 Å². The van der Waals surface area contributed by atoms with Crippen LogP contribution in [0, 0.1) is 0 Å². The summed E-state index contributed by atoms with van der Waals surface area (Å²) >= 11 is 5.95. The van der Waals surface area contributed by atoms with E-state index in [9.17, 15) is 4.79 Å². The first-order valence-electron chi connectivity index (χ1n) is 9.22. The molecule has 0 unspecified atom stereocenters. The maximum Gasteiger partial charge on any atom is 0.269 e. The molecular weight excluding hydrogens is 402 g/mol. The Morgan fingerprint density at radius 1 is 1.03 bits per heavy atom. The van der Waals surface area contributed by atoms with Crippen LogP contribution in [-0.2, 0) is 6.61 Å². The first-order valence-corrected chi connectivity index (χ1v) is 9.59. The van der Waals surface area contributed by atoms with E-state index in [-0.39, 0.29) is 12.5 Å². The largest absolute Gasteiger partial charge is 0.471 e. The van der Waals surface area contributed by atoms with Crippen LogP contribution in [-0.4, -0.2) is 28.1 Å². The summed E-state index contributed by atoms with van der Waals surface area (Å²) in [6, 6.07) is 18.5. The van der Waals surface area contributed by atoms with E-state index in [2.05, 4.69) is 25.8 Å². The minimum atomic E-state index is -0.250. The molecule has 0 aliphatic rings. The first kappa shape index (κ1) is 19.6. The molecule has 2 aromatic carbocycles. The number of nitrogens with zero attached hydrogens (tertiary/aromatic N) is 3. The third-order valence-corrected chi connectivity index (χ3v) is 4.67. The van der Waals surface area contributed by atoms with Crippen molar-refractivity contribution in [1.29, 1.82) is 0 Å². The smallest absolute Gasteiger partial charge is 0.269 e. The van der Waals surface area contributed by atoms with Gasteiger partial charge in [-0.25, -0.2) is 0 Å². The lowest BCUT2D eigenvalue weighted by Crippen LogP contribution is -2.19. The number of fused-ring (bicyclic) bond motifs is 1. The van der Waals surface area contributed by atoms with Gasteiger partial charge in [0.1, 0.15) is 12.3 Å². The summed E-state index contributed by atoms with van der Waals surface area (Å²) in [7, 11) is 1.56. The quantitative estimate of drug-likeness (QED) is 0.482. The number of hydrogen-bond acceptors (Lipinski definition) is 6. The SMILES string of the molecule is CNC(=O)c1cc(COc2nnc(Nc3ccc(Cl)cc3)c3ccccc23)ccn1. The number of rotatable bonds is 6. The van der Waals surface area contributed by atoms with Gasteiger partial charge in [0.25, 0.3) is 5.91 Å². The molecule has 0 bridgehead atoms. The molecule has 0 aliphatic carbocycles. The van der Waals surface area contributed by atoms with Crippen molar-refractivity contribution in [3.8, 4) is 5.88 Å². The fourth-order valence-electron chi connectivity index (χ4n) is 2.92. The fraction of sp³-hybridized carbons (Fsp3) is 0.0909. The van der Waals surface area contributed by atoms with Crippen LogP contribution in [0.4, 0.5) is 11.5 Å². The Balaban J connectivity index is 1.58. The number of anilines is 2. The van der Waals surface area contributed by atoms with Crippen molar-refractivity contribution in [1.82, 2.24) is 20.5 Å². The van der Waals surface area contributed by atoms with E-state index >= 15 is 0 Å². The fourth-order valence-corrected chi connectivity index (χ4v) is 3.04. The maximum atomic E-state index is 11.8. The van der Waals surface area contributed by atoms with Crippen molar-refractivity contribution in [3.05, 3.63) is 83.1 Å². The molecule has 0 spiro atoms. The minimum Gasteiger partial charge on any atom is -0.471 e. The molecule has 30 heavy (non-hydrogen) atoms. The highest BCUT2D eigenvalue weighted by Crippen LogP contribution is 2.30. The van der Waals surface area contributed by atoms with Crippen molar-refractivity contribution < 1.29 is 9.53 Å². The monoisotopic (exact) mass is 419 g/mol. The molecule has 8 heteroatoms. The molecule has 0 radical (unpaired) electrons. The molecular formula is C22H18ClN5O2. The predicted molar refractivity (Wildman–Crippen MR) is 116 cm³/mol. The van der Waals surface area contributed by atoms with Gasteiger partial charge in [-0.3, -0.25) is 9.78 Å². The maximum absolute atomic E-state index is 11.8. The number of benzene rings is 2. The van der Waals surface area contributed by atoms with Crippen LogP contribution in [0.2, 0.25) is 5.02 Å². The Hall–Kier alpha value is -3.71. The zero-order valence-electron chi connectivity index (χ0n) is 16.1. The van der Waals surface area contributed by atoms with E-state index in [1.165, 1.54) is 0 Å². The summed E-state index contributed by atoms with van der Waals surface area (Å²) in [6.45, 7) is 0.231. The van der Waals surface area contributed by atoms with Crippen molar-refractivity contribution in [2.45, 2.75) is 6.61 Å². The second-order valence-electron chi connectivity index (χ2n) is 6.45. The van der Waals surface area contributed by atoms with E-state index in [0.29, 0.717) is 22.4 Å². The third kappa shape index (κ3) is 4.31. The Labute approximate surface area is 178 Å². The normalized spacial score (nSPS) is 10.6. The number of carbonyl (C=O) groups excluding carboxylic acids is 1. The van der Waals surface area contributed by atoms with Gasteiger partial charge in [0.15, 0.2) is 5.82 Å². The van der Waals surface area contributed by atoms with Gasteiger partial charge in [-0.05, 0) is 48.0 Å². The lowest BCUT2D eigenvalue weighted by molar-refractivity contribution is 0.0958. The van der Waals surface area contributed by atoms with Crippen molar-refractivity contribution in [2.24, 2.45) is 0 Å². The molecule has 0 aliphatic heterocycles. The van der Waals surface area contributed by atoms with Gasteiger partial charge >= 0.3 is 0 Å². The molecule has 4 aromatic rings. The highest BCUT2D eigenvalue weighted by Gasteiger charge is 2.12. The first-order chi connectivity index (χ1) is 14.6. The molecule has 7 nitrogen and oxygen atoms in total. The molecule has 1 amide bonds. The number of amides is 1. The highest BCUT2D eigenvalue weighted by molar-refractivity contribution is 6.30. The average Bonchev–Trinajstić information content (AvgIpc) is 2.79. The number of pyridine rings is 1. The van der Waals surface area contributed by atoms with Crippen molar-refractivity contribution >= 4 is 39.8 Å². The third-order valence-electron chi connectivity index (χ3n) is 4.42. The standard InChI is InChI=1S/C22H18ClN5O2/c1-24-21(29)19-12-14(10-11-25-19)13-30-22-18-5-3-2-4-17(18)20(27-28-22)26-16-8-6-15(23)7-9-16/h2-12H,13H2,1H3,(H,24,29)(H,26,27). The summed E-state index contributed by atoms with van der Waals surface area (Å²) in [5.41, 5.74) is 1.99. The highest BCUT2D eigenvalue weighted by atomic mass is 35.5. The number of hydrogen-bond donors (Lipinski definition) is 2. The number of halogens is 1. The second-order valence-corrected chi connectivity index (χ2v) is 6.88. The van der Waals surface area contributed by atoms with E-state index in [4.69, 9.17) is 16.3 Å². The minimum absolute atomic E-state index is 0.231. The lowest BCUT2D eigenvalue weighted by Gasteiger charge is -2.12. The molecule has 0 saturated carbocycles. The number of carbonyl (C=O) groups is 1. The van der Waals surface area contributed by atoms with Gasteiger partial charge in [-0.2, -0.15) is 0 Å². The Morgan fingerprint density at radius 3 is 2.57 bits per heavy atom. The van der Waals surface area contributed by atoms with Gasteiger partial charge in [-0.15, -0.1) is 10.2 Å². The molecule has 0 saturated heterocycles. The van der Waals surface area contributed by atoms with E-state index in [1.54, 1.807) is 37.5 Å². The number of ether oxygens (including phenoxy) is 1. The van der Waals surface area contributed by atoms with Gasteiger partial charge in [0.2, 0.25) is 5.88 Å². The van der Waals surface area contributed by atoms with Crippen molar-refractivity contribution in [2.75, 3.05) is 12.4 Å². The molecule has 2 heterocycles.